The lowest BCUT2D eigenvalue weighted by molar-refractivity contribution is 0.0419. The van der Waals surface area contributed by atoms with Gasteiger partial charge in [-0.3, -0.25) is 0 Å². The SMILES string of the molecule is CCCCCCCCNC[C@@H]1OC[C@H](N)[C@@H]1O. The van der Waals surface area contributed by atoms with E-state index in [1.165, 1.54) is 38.5 Å². The molecule has 0 unspecified atom stereocenters. The van der Waals surface area contributed by atoms with E-state index >= 15 is 0 Å². The Morgan fingerprint density at radius 3 is 2.59 bits per heavy atom. The third-order valence-corrected chi connectivity index (χ3v) is 3.37. The van der Waals surface area contributed by atoms with Crippen LogP contribution in [0.25, 0.3) is 0 Å². The second-order valence-corrected chi connectivity index (χ2v) is 5.00. The molecular weight excluding hydrogens is 216 g/mol. The van der Waals surface area contributed by atoms with E-state index in [0.29, 0.717) is 13.2 Å². The summed E-state index contributed by atoms with van der Waals surface area (Å²) in [6, 6.07) is -0.212. The Kier molecular flexibility index (Phi) is 7.77. The first-order valence-corrected chi connectivity index (χ1v) is 7.01. The molecule has 0 radical (unpaired) electrons. The molecule has 0 spiro atoms. The highest BCUT2D eigenvalue weighted by Crippen LogP contribution is 2.11. The van der Waals surface area contributed by atoms with Gasteiger partial charge < -0.3 is 20.9 Å². The van der Waals surface area contributed by atoms with Crippen molar-refractivity contribution < 1.29 is 9.84 Å². The van der Waals surface area contributed by atoms with E-state index in [4.69, 9.17) is 10.5 Å². The fraction of sp³-hybridized carbons (Fsp3) is 1.00. The highest BCUT2D eigenvalue weighted by molar-refractivity contribution is 4.87. The molecule has 4 N–H and O–H groups in total. The van der Waals surface area contributed by atoms with Crippen LogP contribution in [0.4, 0.5) is 0 Å². The molecule has 0 aromatic rings. The lowest BCUT2D eigenvalue weighted by Crippen LogP contribution is -2.41. The molecule has 4 nitrogen and oxygen atoms in total. The van der Waals surface area contributed by atoms with Gasteiger partial charge in [0.2, 0.25) is 0 Å². The van der Waals surface area contributed by atoms with Gasteiger partial charge in [0.25, 0.3) is 0 Å². The predicted molar refractivity (Wildman–Crippen MR) is 70.0 cm³/mol. The van der Waals surface area contributed by atoms with Crippen molar-refractivity contribution >= 4 is 0 Å². The third-order valence-electron chi connectivity index (χ3n) is 3.37. The lowest BCUT2D eigenvalue weighted by atomic mass is 10.1. The van der Waals surface area contributed by atoms with Crippen LogP contribution >= 0.6 is 0 Å². The van der Waals surface area contributed by atoms with Crippen molar-refractivity contribution in [2.24, 2.45) is 5.73 Å². The topological polar surface area (TPSA) is 67.5 Å². The van der Waals surface area contributed by atoms with Gasteiger partial charge in [0.15, 0.2) is 0 Å². The summed E-state index contributed by atoms with van der Waals surface area (Å²) in [4.78, 5) is 0. The monoisotopic (exact) mass is 244 g/mol. The molecule has 102 valence electrons. The minimum absolute atomic E-state index is 0.120. The maximum Gasteiger partial charge on any atom is 0.0987 e. The van der Waals surface area contributed by atoms with Gasteiger partial charge in [0.1, 0.15) is 0 Å². The van der Waals surface area contributed by atoms with Crippen molar-refractivity contribution in [2.75, 3.05) is 19.7 Å². The van der Waals surface area contributed by atoms with Crippen molar-refractivity contribution in [3.05, 3.63) is 0 Å². The summed E-state index contributed by atoms with van der Waals surface area (Å²) in [6.07, 6.45) is 7.22. The molecule has 0 aromatic carbocycles. The Hall–Kier alpha value is -0.160. The van der Waals surface area contributed by atoms with E-state index in [1.54, 1.807) is 0 Å². The third kappa shape index (κ3) is 5.82. The molecule has 17 heavy (non-hydrogen) atoms. The summed E-state index contributed by atoms with van der Waals surface area (Å²) in [5, 5.41) is 13.0. The molecule has 1 saturated heterocycles. The Morgan fingerprint density at radius 2 is 1.94 bits per heavy atom. The molecule has 0 aliphatic carbocycles. The van der Waals surface area contributed by atoms with Gasteiger partial charge in [0, 0.05) is 6.54 Å². The van der Waals surface area contributed by atoms with Crippen LogP contribution in [0, 0.1) is 0 Å². The predicted octanol–water partition coefficient (Wildman–Crippen LogP) is 1.02. The molecule has 3 atom stereocenters. The van der Waals surface area contributed by atoms with Gasteiger partial charge >= 0.3 is 0 Å². The van der Waals surface area contributed by atoms with Crippen molar-refractivity contribution in [1.29, 1.82) is 0 Å². The average molecular weight is 244 g/mol. The fourth-order valence-electron chi connectivity index (χ4n) is 2.16. The Balaban J connectivity index is 1.87. The van der Waals surface area contributed by atoms with Gasteiger partial charge in [-0.1, -0.05) is 39.0 Å². The minimum atomic E-state index is -0.507. The number of ether oxygens (including phenoxy) is 1. The van der Waals surface area contributed by atoms with Crippen LogP contribution in [0.5, 0.6) is 0 Å². The first kappa shape index (κ1) is 14.9. The fourth-order valence-corrected chi connectivity index (χ4v) is 2.16. The molecule has 1 heterocycles. The van der Waals surface area contributed by atoms with E-state index < -0.39 is 6.10 Å². The first-order chi connectivity index (χ1) is 8.25. The normalized spacial score (nSPS) is 28.8. The van der Waals surface area contributed by atoms with Crippen LogP contribution in [-0.2, 0) is 4.74 Å². The van der Waals surface area contributed by atoms with Crippen LogP contribution in [0.1, 0.15) is 45.4 Å². The van der Waals surface area contributed by atoms with Crippen molar-refractivity contribution in [3.63, 3.8) is 0 Å². The van der Waals surface area contributed by atoms with Gasteiger partial charge in [-0.25, -0.2) is 0 Å². The van der Waals surface area contributed by atoms with Crippen LogP contribution in [0.2, 0.25) is 0 Å². The summed E-state index contributed by atoms with van der Waals surface area (Å²) >= 11 is 0. The number of hydrogen-bond acceptors (Lipinski definition) is 4. The van der Waals surface area contributed by atoms with Crippen molar-refractivity contribution in [2.45, 2.75) is 63.7 Å². The van der Waals surface area contributed by atoms with Crippen LogP contribution < -0.4 is 11.1 Å². The lowest BCUT2D eigenvalue weighted by Gasteiger charge is -2.15. The number of unbranched alkanes of at least 4 members (excludes halogenated alkanes) is 5. The maximum atomic E-state index is 9.67. The maximum absolute atomic E-state index is 9.67. The van der Waals surface area contributed by atoms with E-state index in [2.05, 4.69) is 12.2 Å². The summed E-state index contributed by atoms with van der Waals surface area (Å²) in [5.41, 5.74) is 5.66. The van der Waals surface area contributed by atoms with E-state index in [9.17, 15) is 5.11 Å². The zero-order valence-electron chi connectivity index (χ0n) is 11.0. The molecule has 0 saturated carbocycles. The summed E-state index contributed by atoms with van der Waals surface area (Å²) in [5.74, 6) is 0. The van der Waals surface area contributed by atoms with E-state index in [0.717, 1.165) is 6.54 Å². The van der Waals surface area contributed by atoms with Crippen LogP contribution in [-0.4, -0.2) is 43.1 Å². The molecule has 0 amide bonds. The van der Waals surface area contributed by atoms with Crippen LogP contribution in [0.3, 0.4) is 0 Å². The molecular formula is C13H28N2O2. The summed E-state index contributed by atoms with van der Waals surface area (Å²) < 4.78 is 5.40. The molecule has 1 aliphatic heterocycles. The molecule has 4 heteroatoms. The quantitative estimate of drug-likeness (QED) is 0.530. The molecule has 0 aromatic heterocycles. The largest absolute Gasteiger partial charge is 0.389 e. The molecule has 1 rings (SSSR count). The van der Waals surface area contributed by atoms with Gasteiger partial charge in [0.05, 0.1) is 24.9 Å². The summed E-state index contributed by atoms with van der Waals surface area (Å²) in [7, 11) is 0. The highest BCUT2D eigenvalue weighted by atomic mass is 16.5. The first-order valence-electron chi connectivity index (χ1n) is 7.01. The van der Waals surface area contributed by atoms with E-state index in [1.807, 2.05) is 0 Å². The molecule has 1 fully saturated rings. The average Bonchev–Trinajstić information content (AvgIpc) is 2.64. The Morgan fingerprint density at radius 1 is 1.24 bits per heavy atom. The summed E-state index contributed by atoms with van der Waals surface area (Å²) in [6.45, 7) is 4.43. The second kappa shape index (κ2) is 8.86. The molecule has 1 aliphatic rings. The van der Waals surface area contributed by atoms with Crippen LogP contribution in [0.15, 0.2) is 0 Å². The van der Waals surface area contributed by atoms with Gasteiger partial charge in [-0.05, 0) is 13.0 Å². The Labute approximate surface area is 105 Å². The minimum Gasteiger partial charge on any atom is -0.389 e. The number of aliphatic hydroxyl groups excluding tert-OH is 1. The zero-order chi connectivity index (χ0) is 12.5. The number of aliphatic hydroxyl groups is 1. The Bertz CT molecular complexity index is 190. The van der Waals surface area contributed by atoms with Gasteiger partial charge in [-0.15, -0.1) is 0 Å². The number of hydrogen-bond donors (Lipinski definition) is 3. The molecule has 0 bridgehead atoms. The van der Waals surface area contributed by atoms with Crippen molar-refractivity contribution in [3.8, 4) is 0 Å². The van der Waals surface area contributed by atoms with Crippen molar-refractivity contribution in [1.82, 2.24) is 5.32 Å². The smallest absolute Gasteiger partial charge is 0.0987 e. The number of rotatable bonds is 9. The number of nitrogens with one attached hydrogen (secondary N) is 1. The zero-order valence-corrected chi connectivity index (χ0v) is 11.0. The highest BCUT2D eigenvalue weighted by Gasteiger charge is 2.32. The van der Waals surface area contributed by atoms with E-state index in [-0.39, 0.29) is 12.1 Å². The number of nitrogens with two attached hydrogens (primary N) is 1. The second-order valence-electron chi connectivity index (χ2n) is 5.00. The standard InChI is InChI=1S/C13H28N2O2/c1-2-3-4-5-6-7-8-15-9-12-13(16)11(14)10-17-12/h11-13,15-16H,2-10,14H2,1H3/t11-,12-,13-/m0/s1. The van der Waals surface area contributed by atoms with Gasteiger partial charge in [-0.2, -0.15) is 0 Å².